The molecule has 0 amide bonds. The maximum atomic E-state index is 13.7. The Labute approximate surface area is 170 Å². The molecule has 3 heteroatoms. The fraction of sp³-hybridized carbons (Fsp3) is 0.192. The maximum absolute atomic E-state index is 13.7. The number of aliphatic hydroxyl groups is 1. The summed E-state index contributed by atoms with van der Waals surface area (Å²) in [6, 6.07) is 26.0. The summed E-state index contributed by atoms with van der Waals surface area (Å²) in [5.41, 5.74) is 4.36. The Morgan fingerprint density at radius 3 is 2.24 bits per heavy atom. The second-order valence-electron chi connectivity index (χ2n) is 7.84. The molecule has 0 bridgehead atoms. The lowest BCUT2D eigenvalue weighted by molar-refractivity contribution is 0.0994. The van der Waals surface area contributed by atoms with Crippen molar-refractivity contribution in [3.63, 3.8) is 0 Å². The van der Waals surface area contributed by atoms with E-state index in [9.17, 15) is 9.90 Å². The molecule has 2 atom stereocenters. The average molecular weight is 381 g/mol. The molecule has 2 aliphatic rings. The van der Waals surface area contributed by atoms with E-state index in [0.717, 1.165) is 16.8 Å². The normalized spacial score (nSPS) is 22.8. The number of likely N-dealkylation sites (N-methyl/N-ethyl adjacent to an activating group) is 1. The quantitative estimate of drug-likeness (QED) is 0.630. The van der Waals surface area contributed by atoms with E-state index in [-0.39, 0.29) is 17.5 Å². The first kappa shape index (κ1) is 17.7. The summed E-state index contributed by atoms with van der Waals surface area (Å²) >= 11 is 0. The SMILES string of the molecule is CC[C@@]12C(=C(O)c3ccccc3N1C)C(=O)c1ccccc1[C@@H]2c1ccccc1. The molecule has 1 aliphatic heterocycles. The number of nitrogens with zero attached hydrogens (tertiary/aromatic N) is 1. The minimum atomic E-state index is -0.661. The lowest BCUT2D eigenvalue weighted by Crippen LogP contribution is -2.58. The molecule has 3 aromatic rings. The van der Waals surface area contributed by atoms with Crippen LogP contribution in [0.4, 0.5) is 5.69 Å². The van der Waals surface area contributed by atoms with Gasteiger partial charge in [-0.1, -0.05) is 73.7 Å². The number of hydrogen-bond acceptors (Lipinski definition) is 3. The van der Waals surface area contributed by atoms with Crippen LogP contribution in [0.2, 0.25) is 0 Å². The van der Waals surface area contributed by atoms with Gasteiger partial charge in [-0.15, -0.1) is 0 Å². The van der Waals surface area contributed by atoms with Crippen LogP contribution in [0.25, 0.3) is 5.76 Å². The van der Waals surface area contributed by atoms with Gasteiger partial charge in [-0.3, -0.25) is 4.79 Å². The van der Waals surface area contributed by atoms with E-state index in [0.29, 0.717) is 23.1 Å². The summed E-state index contributed by atoms with van der Waals surface area (Å²) in [6.07, 6.45) is 0.691. The lowest BCUT2D eigenvalue weighted by atomic mass is 9.60. The van der Waals surface area contributed by atoms with Crippen LogP contribution in [0.1, 0.15) is 46.3 Å². The van der Waals surface area contributed by atoms with Gasteiger partial charge >= 0.3 is 0 Å². The number of carbonyl (C=O) groups excluding carboxylic acids is 1. The number of aliphatic hydroxyl groups excluding tert-OH is 1. The van der Waals surface area contributed by atoms with Crippen LogP contribution in [0, 0.1) is 0 Å². The van der Waals surface area contributed by atoms with Crippen molar-refractivity contribution in [2.24, 2.45) is 0 Å². The largest absolute Gasteiger partial charge is 0.507 e. The van der Waals surface area contributed by atoms with Crippen LogP contribution in [0.15, 0.2) is 84.4 Å². The van der Waals surface area contributed by atoms with E-state index in [4.69, 9.17) is 0 Å². The molecule has 1 heterocycles. The Hall–Kier alpha value is -3.33. The van der Waals surface area contributed by atoms with Crippen LogP contribution in [0.3, 0.4) is 0 Å². The standard InChI is InChI=1S/C26H23NO2/c1-3-26-22(17-11-5-4-6-12-17)18-13-7-8-14-19(18)24(28)23(26)25(29)20-15-9-10-16-21(20)27(26)2/h4-16,22,29H,3H2,1-2H3/t22-,26+/m0/s1. The van der Waals surface area contributed by atoms with Crippen LogP contribution < -0.4 is 4.90 Å². The highest BCUT2D eigenvalue weighted by Gasteiger charge is 2.56. The minimum Gasteiger partial charge on any atom is -0.507 e. The highest BCUT2D eigenvalue weighted by Crippen LogP contribution is 2.56. The predicted molar refractivity (Wildman–Crippen MR) is 116 cm³/mol. The summed E-state index contributed by atoms with van der Waals surface area (Å²) in [5, 5.41) is 11.4. The first-order chi connectivity index (χ1) is 14.1. The van der Waals surface area contributed by atoms with Crippen molar-refractivity contribution in [3.05, 3.63) is 107 Å². The topological polar surface area (TPSA) is 40.5 Å². The molecule has 1 aliphatic carbocycles. The number of fused-ring (bicyclic) bond motifs is 3. The molecule has 0 saturated heterocycles. The Kier molecular flexibility index (Phi) is 3.88. The maximum Gasteiger partial charge on any atom is 0.195 e. The monoisotopic (exact) mass is 381 g/mol. The predicted octanol–water partition coefficient (Wildman–Crippen LogP) is 5.58. The van der Waals surface area contributed by atoms with E-state index in [2.05, 4.69) is 30.0 Å². The number of benzene rings is 3. The number of Topliss-reactive ketones (excluding diaryl/α,β-unsaturated/α-hetero) is 1. The van der Waals surface area contributed by atoms with Gasteiger partial charge in [0.05, 0.1) is 11.1 Å². The third-order valence-electron chi connectivity index (χ3n) is 6.68. The minimum absolute atomic E-state index is 0.0712. The fourth-order valence-corrected chi connectivity index (χ4v) is 5.40. The molecule has 0 aromatic heterocycles. The molecule has 5 rings (SSSR count). The zero-order valence-electron chi connectivity index (χ0n) is 16.6. The van der Waals surface area contributed by atoms with Crippen molar-refractivity contribution < 1.29 is 9.90 Å². The van der Waals surface area contributed by atoms with Crippen molar-refractivity contribution in [2.45, 2.75) is 24.8 Å². The average Bonchev–Trinajstić information content (AvgIpc) is 2.78. The number of hydrogen-bond donors (Lipinski definition) is 1. The van der Waals surface area contributed by atoms with Crippen LogP contribution in [-0.4, -0.2) is 23.5 Å². The molecular weight excluding hydrogens is 358 g/mol. The van der Waals surface area contributed by atoms with Gasteiger partial charge < -0.3 is 10.0 Å². The Morgan fingerprint density at radius 2 is 1.52 bits per heavy atom. The van der Waals surface area contributed by atoms with Gasteiger partial charge in [0.1, 0.15) is 5.76 Å². The van der Waals surface area contributed by atoms with Crippen molar-refractivity contribution in [1.82, 2.24) is 0 Å². The van der Waals surface area contributed by atoms with Gasteiger partial charge in [-0.05, 0) is 29.7 Å². The summed E-state index contributed by atoms with van der Waals surface area (Å²) in [7, 11) is 2.05. The van der Waals surface area contributed by atoms with Crippen LogP contribution in [0.5, 0.6) is 0 Å². The second-order valence-corrected chi connectivity index (χ2v) is 7.84. The third kappa shape index (κ3) is 2.21. The third-order valence-corrected chi connectivity index (χ3v) is 6.68. The Morgan fingerprint density at radius 1 is 0.897 bits per heavy atom. The molecule has 0 radical (unpaired) electrons. The highest BCUT2D eigenvalue weighted by atomic mass is 16.3. The van der Waals surface area contributed by atoms with Crippen molar-refractivity contribution in [2.75, 3.05) is 11.9 Å². The lowest BCUT2D eigenvalue weighted by Gasteiger charge is -2.54. The molecule has 0 unspecified atom stereocenters. The molecule has 1 N–H and O–H groups in total. The molecule has 144 valence electrons. The van der Waals surface area contributed by atoms with Crippen molar-refractivity contribution in [1.29, 1.82) is 0 Å². The zero-order valence-corrected chi connectivity index (χ0v) is 16.6. The number of para-hydroxylation sites is 1. The van der Waals surface area contributed by atoms with Crippen molar-refractivity contribution >= 4 is 17.2 Å². The Balaban J connectivity index is 1.93. The van der Waals surface area contributed by atoms with Gasteiger partial charge in [0, 0.05) is 29.8 Å². The molecule has 0 fully saturated rings. The summed E-state index contributed by atoms with van der Waals surface area (Å²) in [5.74, 6) is -0.0347. The highest BCUT2D eigenvalue weighted by molar-refractivity contribution is 6.18. The van der Waals surface area contributed by atoms with Gasteiger partial charge in [-0.2, -0.15) is 0 Å². The van der Waals surface area contributed by atoms with E-state index in [1.54, 1.807) is 0 Å². The molecule has 3 nitrogen and oxygen atoms in total. The summed E-state index contributed by atoms with van der Waals surface area (Å²) < 4.78 is 0. The van der Waals surface area contributed by atoms with Gasteiger partial charge in [0.25, 0.3) is 0 Å². The molecular formula is C26H23NO2. The molecule has 29 heavy (non-hydrogen) atoms. The van der Waals surface area contributed by atoms with E-state index < -0.39 is 5.54 Å². The number of carbonyl (C=O) groups is 1. The van der Waals surface area contributed by atoms with Crippen molar-refractivity contribution in [3.8, 4) is 0 Å². The first-order valence-electron chi connectivity index (χ1n) is 10.1. The Bertz CT molecular complexity index is 1150. The molecule has 0 saturated carbocycles. The zero-order chi connectivity index (χ0) is 20.2. The van der Waals surface area contributed by atoms with E-state index >= 15 is 0 Å². The summed E-state index contributed by atoms with van der Waals surface area (Å²) in [4.78, 5) is 15.9. The van der Waals surface area contributed by atoms with Crippen LogP contribution in [-0.2, 0) is 0 Å². The van der Waals surface area contributed by atoms with Gasteiger partial charge in [0.15, 0.2) is 5.78 Å². The molecule has 0 spiro atoms. The summed E-state index contributed by atoms with van der Waals surface area (Å²) in [6.45, 7) is 2.11. The van der Waals surface area contributed by atoms with Gasteiger partial charge in [0.2, 0.25) is 0 Å². The fourth-order valence-electron chi connectivity index (χ4n) is 5.40. The van der Waals surface area contributed by atoms with E-state index in [1.165, 1.54) is 0 Å². The first-order valence-corrected chi connectivity index (χ1v) is 10.1. The van der Waals surface area contributed by atoms with Crippen LogP contribution >= 0.6 is 0 Å². The van der Waals surface area contributed by atoms with Gasteiger partial charge in [-0.25, -0.2) is 0 Å². The number of rotatable bonds is 2. The smallest absolute Gasteiger partial charge is 0.195 e. The number of ketones is 1. The second kappa shape index (κ2) is 6.35. The molecule has 3 aromatic carbocycles. The van der Waals surface area contributed by atoms with E-state index in [1.807, 2.05) is 67.7 Å². The number of anilines is 1.